The van der Waals surface area contributed by atoms with Crippen LogP contribution in [0.5, 0.6) is 0 Å². The maximum absolute atomic E-state index is 12.0. The zero-order valence-electron chi connectivity index (χ0n) is 12.2. The Morgan fingerprint density at radius 3 is 2.43 bits per heavy atom. The van der Waals surface area contributed by atoms with E-state index in [0.717, 1.165) is 0 Å². The molecule has 2 N–H and O–H groups in total. The first-order chi connectivity index (χ1) is 9.72. The van der Waals surface area contributed by atoms with Crippen LogP contribution in [0, 0.1) is 11.3 Å². The number of sulfone groups is 1. The van der Waals surface area contributed by atoms with Crippen molar-refractivity contribution < 1.29 is 23.1 Å². The maximum atomic E-state index is 12.0. The monoisotopic (exact) mass is 318 g/mol. The molecule has 8 heteroatoms. The highest BCUT2D eigenvalue weighted by molar-refractivity contribution is 7.91. The van der Waals surface area contributed by atoms with Gasteiger partial charge in [-0.3, -0.25) is 4.79 Å². The lowest BCUT2D eigenvalue weighted by Gasteiger charge is -2.36. The number of likely N-dealkylation sites (tertiary alicyclic amines) is 1. The van der Waals surface area contributed by atoms with Gasteiger partial charge < -0.3 is 15.3 Å². The molecule has 2 amide bonds. The van der Waals surface area contributed by atoms with Crippen LogP contribution in [-0.2, 0) is 14.6 Å². The van der Waals surface area contributed by atoms with Crippen LogP contribution in [-0.4, -0.2) is 61.6 Å². The first-order valence-electron chi connectivity index (χ1n) is 7.18. The van der Waals surface area contributed by atoms with Gasteiger partial charge in [0.1, 0.15) is 0 Å². The Hall–Kier alpha value is -1.31. The predicted octanol–water partition coefficient (Wildman–Crippen LogP) is 0.317. The first kappa shape index (κ1) is 16.1. The van der Waals surface area contributed by atoms with Crippen molar-refractivity contribution in [2.75, 3.05) is 31.1 Å². The molecule has 0 aromatic rings. The van der Waals surface area contributed by atoms with Crippen LogP contribution in [0.15, 0.2) is 0 Å². The number of amides is 2. The molecular weight excluding hydrogens is 296 g/mol. The van der Waals surface area contributed by atoms with Gasteiger partial charge in [-0.25, -0.2) is 13.2 Å². The van der Waals surface area contributed by atoms with Crippen molar-refractivity contribution in [2.45, 2.75) is 26.2 Å². The molecule has 0 radical (unpaired) electrons. The molecular formula is C13H22N2O5S. The van der Waals surface area contributed by atoms with E-state index in [1.807, 2.05) is 0 Å². The molecule has 120 valence electrons. The molecule has 7 nitrogen and oxygen atoms in total. The summed E-state index contributed by atoms with van der Waals surface area (Å²) >= 11 is 0. The Morgan fingerprint density at radius 2 is 1.95 bits per heavy atom. The van der Waals surface area contributed by atoms with E-state index in [2.05, 4.69) is 5.32 Å². The Balaban J connectivity index is 1.77. The van der Waals surface area contributed by atoms with E-state index in [4.69, 9.17) is 5.11 Å². The second-order valence-corrected chi connectivity index (χ2v) is 8.54. The van der Waals surface area contributed by atoms with Gasteiger partial charge >= 0.3 is 12.0 Å². The number of nitrogens with one attached hydrogen (secondary N) is 1. The van der Waals surface area contributed by atoms with Crippen LogP contribution < -0.4 is 5.32 Å². The van der Waals surface area contributed by atoms with Crippen LogP contribution >= 0.6 is 0 Å². The molecule has 0 bridgehead atoms. The van der Waals surface area contributed by atoms with E-state index in [-0.39, 0.29) is 23.5 Å². The standard InChI is InChI=1S/C13H22N2O5S/c1-13(11(16)17)3-5-15(6-4-13)12(18)14-8-10-2-7-21(19,20)9-10/h10H,2-9H2,1H3,(H,14,18)(H,16,17). The maximum Gasteiger partial charge on any atom is 0.317 e. The molecule has 2 heterocycles. The molecule has 0 spiro atoms. The normalized spacial score (nSPS) is 27.3. The minimum Gasteiger partial charge on any atom is -0.481 e. The van der Waals surface area contributed by atoms with Gasteiger partial charge in [0.2, 0.25) is 0 Å². The van der Waals surface area contributed by atoms with E-state index in [1.54, 1.807) is 11.8 Å². The smallest absolute Gasteiger partial charge is 0.317 e. The fourth-order valence-corrected chi connectivity index (χ4v) is 4.66. The number of piperidine rings is 1. The minimum absolute atomic E-state index is 0.00646. The van der Waals surface area contributed by atoms with E-state index in [0.29, 0.717) is 38.9 Å². The second kappa shape index (κ2) is 5.82. The average molecular weight is 318 g/mol. The van der Waals surface area contributed by atoms with Crippen molar-refractivity contribution in [3.05, 3.63) is 0 Å². The van der Waals surface area contributed by atoms with Gasteiger partial charge in [-0.05, 0) is 32.1 Å². The third-order valence-electron chi connectivity index (χ3n) is 4.54. The average Bonchev–Trinajstić information content (AvgIpc) is 2.76. The molecule has 0 aromatic carbocycles. The molecule has 0 aliphatic carbocycles. The zero-order chi connectivity index (χ0) is 15.7. The molecule has 2 rings (SSSR count). The second-order valence-electron chi connectivity index (χ2n) is 6.31. The van der Waals surface area contributed by atoms with Gasteiger partial charge in [-0.15, -0.1) is 0 Å². The Labute approximate surface area is 124 Å². The van der Waals surface area contributed by atoms with Crippen LogP contribution in [0.1, 0.15) is 26.2 Å². The van der Waals surface area contributed by atoms with Crippen LogP contribution in [0.25, 0.3) is 0 Å². The summed E-state index contributed by atoms with van der Waals surface area (Å²) in [5.41, 5.74) is -0.754. The van der Waals surface area contributed by atoms with Crippen molar-refractivity contribution >= 4 is 21.8 Å². The largest absolute Gasteiger partial charge is 0.481 e. The third-order valence-corrected chi connectivity index (χ3v) is 6.38. The Kier molecular flexibility index (Phi) is 4.46. The number of urea groups is 1. The summed E-state index contributed by atoms with van der Waals surface area (Å²) < 4.78 is 22.7. The lowest BCUT2D eigenvalue weighted by Crippen LogP contribution is -2.49. The zero-order valence-corrected chi connectivity index (χ0v) is 13.0. The number of hydrogen-bond acceptors (Lipinski definition) is 4. The number of carboxylic acids is 1. The van der Waals surface area contributed by atoms with Crippen molar-refractivity contribution in [1.82, 2.24) is 10.2 Å². The summed E-state index contributed by atoms with van der Waals surface area (Å²) in [5, 5.41) is 11.9. The third kappa shape index (κ3) is 3.87. The van der Waals surface area contributed by atoms with Gasteiger partial charge in [-0.2, -0.15) is 0 Å². The van der Waals surface area contributed by atoms with Gasteiger partial charge in [0.05, 0.1) is 16.9 Å². The highest BCUT2D eigenvalue weighted by atomic mass is 32.2. The van der Waals surface area contributed by atoms with Crippen molar-refractivity contribution in [1.29, 1.82) is 0 Å². The Morgan fingerprint density at radius 1 is 1.33 bits per heavy atom. The fraction of sp³-hybridized carbons (Fsp3) is 0.846. The van der Waals surface area contributed by atoms with Crippen molar-refractivity contribution in [3.63, 3.8) is 0 Å². The molecule has 2 fully saturated rings. The number of hydrogen-bond donors (Lipinski definition) is 2. The molecule has 1 unspecified atom stereocenters. The van der Waals surface area contributed by atoms with E-state index in [9.17, 15) is 18.0 Å². The summed E-state index contributed by atoms with van der Waals surface area (Å²) in [5.74, 6) is -0.481. The SMILES string of the molecule is CC1(C(=O)O)CCN(C(=O)NCC2CCS(=O)(=O)C2)CC1. The van der Waals surface area contributed by atoms with Crippen LogP contribution in [0.4, 0.5) is 4.79 Å². The lowest BCUT2D eigenvalue weighted by atomic mass is 9.80. The van der Waals surface area contributed by atoms with E-state index in [1.165, 1.54) is 0 Å². The summed E-state index contributed by atoms with van der Waals surface area (Å²) in [6.07, 6.45) is 1.47. The van der Waals surface area contributed by atoms with Gasteiger partial charge in [0.25, 0.3) is 0 Å². The fourth-order valence-electron chi connectivity index (χ4n) is 2.79. The van der Waals surface area contributed by atoms with Gasteiger partial charge in [0.15, 0.2) is 9.84 Å². The lowest BCUT2D eigenvalue weighted by molar-refractivity contribution is -0.150. The Bertz CT molecular complexity index is 523. The number of aliphatic carboxylic acids is 1. The van der Waals surface area contributed by atoms with Crippen LogP contribution in [0.2, 0.25) is 0 Å². The van der Waals surface area contributed by atoms with Crippen molar-refractivity contribution in [3.8, 4) is 0 Å². The molecule has 1 atom stereocenters. The van der Waals surface area contributed by atoms with Gasteiger partial charge in [0, 0.05) is 19.6 Å². The van der Waals surface area contributed by atoms with Crippen LogP contribution in [0.3, 0.4) is 0 Å². The molecule has 2 aliphatic heterocycles. The highest BCUT2D eigenvalue weighted by Gasteiger charge is 2.38. The van der Waals surface area contributed by atoms with E-state index >= 15 is 0 Å². The summed E-state index contributed by atoms with van der Waals surface area (Å²) in [7, 11) is -2.92. The highest BCUT2D eigenvalue weighted by Crippen LogP contribution is 2.31. The minimum atomic E-state index is -2.92. The molecule has 2 saturated heterocycles. The molecule has 2 aliphatic rings. The van der Waals surface area contributed by atoms with Gasteiger partial charge in [-0.1, -0.05) is 0 Å². The topological polar surface area (TPSA) is 104 Å². The predicted molar refractivity (Wildman–Crippen MR) is 76.7 cm³/mol. The number of carboxylic acid groups (broad SMARTS) is 1. The van der Waals surface area contributed by atoms with E-state index < -0.39 is 21.2 Å². The first-order valence-corrected chi connectivity index (χ1v) is 9.01. The van der Waals surface area contributed by atoms with Crippen molar-refractivity contribution in [2.24, 2.45) is 11.3 Å². The summed E-state index contributed by atoms with van der Waals surface area (Å²) in [6, 6.07) is -0.230. The molecule has 0 aromatic heterocycles. The molecule has 21 heavy (non-hydrogen) atoms. The summed E-state index contributed by atoms with van der Waals surface area (Å²) in [4.78, 5) is 24.8. The molecule has 0 saturated carbocycles. The number of rotatable bonds is 3. The number of carbonyl (C=O) groups is 2. The summed E-state index contributed by atoms with van der Waals surface area (Å²) in [6.45, 7) is 2.90. The number of carbonyl (C=O) groups excluding carboxylic acids is 1. The quantitative estimate of drug-likeness (QED) is 0.780. The number of nitrogens with zero attached hydrogens (tertiary/aromatic N) is 1.